The van der Waals surface area contributed by atoms with Crippen LogP contribution in [0.15, 0.2) is 0 Å². The first-order valence-electron chi connectivity index (χ1n) is 4.52. The van der Waals surface area contributed by atoms with Crippen LogP contribution in [0.4, 0.5) is 0 Å². The predicted molar refractivity (Wildman–Crippen MR) is 52.9 cm³/mol. The van der Waals surface area contributed by atoms with Crippen LogP contribution in [0.3, 0.4) is 0 Å². The van der Waals surface area contributed by atoms with Gasteiger partial charge in [-0.05, 0) is 12.3 Å². The van der Waals surface area contributed by atoms with Gasteiger partial charge in [0.25, 0.3) is 0 Å². The van der Waals surface area contributed by atoms with Crippen LogP contribution >= 0.6 is 0 Å². The third-order valence-corrected chi connectivity index (χ3v) is 3.27. The first kappa shape index (κ1) is 12.9. The standard InChI is InChI=1S/C8H19NO3S/c1-4-8(10)5-9-13(11,12)6-7(2)3/h7-10H,4-6H2,1-3H3. The zero-order valence-corrected chi connectivity index (χ0v) is 9.26. The lowest BCUT2D eigenvalue weighted by atomic mass is 10.3. The van der Waals surface area contributed by atoms with Gasteiger partial charge in [-0.3, -0.25) is 0 Å². The maximum absolute atomic E-state index is 11.2. The van der Waals surface area contributed by atoms with E-state index in [1.54, 1.807) is 6.92 Å². The van der Waals surface area contributed by atoms with Crippen LogP contribution in [0, 0.1) is 5.92 Å². The molecule has 0 bridgehead atoms. The van der Waals surface area contributed by atoms with Crippen molar-refractivity contribution in [2.75, 3.05) is 12.3 Å². The van der Waals surface area contributed by atoms with E-state index >= 15 is 0 Å². The molecule has 4 nitrogen and oxygen atoms in total. The Hall–Kier alpha value is -0.130. The largest absolute Gasteiger partial charge is 0.392 e. The van der Waals surface area contributed by atoms with E-state index in [9.17, 15) is 8.42 Å². The zero-order chi connectivity index (χ0) is 10.5. The molecule has 0 aliphatic heterocycles. The summed E-state index contributed by atoms with van der Waals surface area (Å²) in [5.74, 6) is 0.222. The fourth-order valence-electron chi connectivity index (χ4n) is 0.865. The molecular formula is C8H19NO3S. The van der Waals surface area contributed by atoms with Gasteiger partial charge in [-0.15, -0.1) is 0 Å². The van der Waals surface area contributed by atoms with Crippen LogP contribution in [0.2, 0.25) is 0 Å². The Morgan fingerprint density at radius 1 is 1.38 bits per heavy atom. The summed E-state index contributed by atoms with van der Waals surface area (Å²) in [6.07, 6.45) is -0.0218. The molecular weight excluding hydrogens is 190 g/mol. The van der Waals surface area contributed by atoms with Gasteiger partial charge in [-0.1, -0.05) is 20.8 Å². The molecule has 0 saturated heterocycles. The highest BCUT2D eigenvalue weighted by atomic mass is 32.2. The van der Waals surface area contributed by atoms with Crippen LogP contribution in [0.5, 0.6) is 0 Å². The number of sulfonamides is 1. The molecule has 0 heterocycles. The van der Waals surface area contributed by atoms with Crippen molar-refractivity contribution >= 4 is 10.0 Å². The zero-order valence-electron chi connectivity index (χ0n) is 8.45. The van der Waals surface area contributed by atoms with Crippen molar-refractivity contribution in [1.29, 1.82) is 0 Å². The Morgan fingerprint density at radius 2 is 1.92 bits per heavy atom. The smallest absolute Gasteiger partial charge is 0.211 e. The second-order valence-corrected chi connectivity index (χ2v) is 5.44. The van der Waals surface area contributed by atoms with Gasteiger partial charge in [-0.25, -0.2) is 13.1 Å². The maximum atomic E-state index is 11.2. The van der Waals surface area contributed by atoms with E-state index < -0.39 is 16.1 Å². The maximum Gasteiger partial charge on any atom is 0.211 e. The van der Waals surface area contributed by atoms with Gasteiger partial charge in [0, 0.05) is 6.54 Å². The number of hydrogen-bond donors (Lipinski definition) is 2. The van der Waals surface area contributed by atoms with Crippen LogP contribution in [0.1, 0.15) is 27.2 Å². The quantitative estimate of drug-likeness (QED) is 0.662. The molecule has 5 heteroatoms. The summed E-state index contributed by atoms with van der Waals surface area (Å²) in [6, 6.07) is 0. The number of nitrogens with one attached hydrogen (secondary N) is 1. The number of aliphatic hydroxyl groups is 1. The Kier molecular flexibility index (Phi) is 5.51. The molecule has 0 saturated carbocycles. The monoisotopic (exact) mass is 209 g/mol. The molecule has 0 amide bonds. The summed E-state index contributed by atoms with van der Waals surface area (Å²) in [5, 5.41) is 9.13. The van der Waals surface area contributed by atoms with E-state index in [1.807, 2.05) is 13.8 Å². The molecule has 80 valence electrons. The summed E-state index contributed by atoms with van der Waals surface area (Å²) in [7, 11) is -3.20. The molecule has 0 spiro atoms. The minimum absolute atomic E-state index is 0.108. The van der Waals surface area contributed by atoms with E-state index in [-0.39, 0.29) is 18.2 Å². The topological polar surface area (TPSA) is 66.4 Å². The van der Waals surface area contributed by atoms with E-state index in [2.05, 4.69) is 4.72 Å². The first-order chi connectivity index (χ1) is 5.87. The summed E-state index contributed by atoms with van der Waals surface area (Å²) in [5.41, 5.74) is 0. The highest BCUT2D eigenvalue weighted by Gasteiger charge is 2.13. The third-order valence-electron chi connectivity index (χ3n) is 1.56. The van der Waals surface area contributed by atoms with Crippen molar-refractivity contribution in [1.82, 2.24) is 4.72 Å². The van der Waals surface area contributed by atoms with Crippen molar-refractivity contribution in [2.45, 2.75) is 33.3 Å². The van der Waals surface area contributed by atoms with Gasteiger partial charge in [-0.2, -0.15) is 0 Å². The molecule has 0 aliphatic rings. The van der Waals surface area contributed by atoms with Crippen LogP contribution in [-0.2, 0) is 10.0 Å². The fraction of sp³-hybridized carbons (Fsp3) is 1.00. The fourth-order valence-corrected chi connectivity index (χ4v) is 2.31. The first-order valence-corrected chi connectivity index (χ1v) is 6.18. The minimum atomic E-state index is -3.20. The molecule has 0 aromatic heterocycles. The normalized spacial score (nSPS) is 14.8. The predicted octanol–water partition coefficient (Wildman–Crippen LogP) is 0.333. The van der Waals surface area contributed by atoms with Crippen LogP contribution in [-0.4, -0.2) is 31.9 Å². The second-order valence-electron chi connectivity index (χ2n) is 3.59. The molecule has 0 aromatic carbocycles. The summed E-state index contributed by atoms with van der Waals surface area (Å²) in [6.45, 7) is 5.61. The summed E-state index contributed by atoms with van der Waals surface area (Å²) < 4.78 is 24.8. The molecule has 0 rings (SSSR count). The third kappa shape index (κ3) is 6.98. The molecule has 1 unspecified atom stereocenters. The van der Waals surface area contributed by atoms with Crippen molar-refractivity contribution < 1.29 is 13.5 Å². The van der Waals surface area contributed by atoms with E-state index in [4.69, 9.17) is 5.11 Å². The lowest BCUT2D eigenvalue weighted by molar-refractivity contribution is 0.174. The van der Waals surface area contributed by atoms with E-state index in [0.29, 0.717) is 6.42 Å². The van der Waals surface area contributed by atoms with Gasteiger partial charge in [0.15, 0.2) is 0 Å². The Bertz CT molecular complexity index is 224. The molecule has 0 radical (unpaired) electrons. The lowest BCUT2D eigenvalue weighted by Crippen LogP contribution is -2.34. The summed E-state index contributed by atoms with van der Waals surface area (Å²) >= 11 is 0. The molecule has 2 N–H and O–H groups in total. The average Bonchev–Trinajstić information content (AvgIpc) is 1.98. The van der Waals surface area contributed by atoms with Crippen LogP contribution < -0.4 is 4.72 Å². The number of aliphatic hydroxyl groups excluding tert-OH is 1. The Morgan fingerprint density at radius 3 is 2.31 bits per heavy atom. The Labute approximate surface area is 80.4 Å². The molecule has 1 atom stereocenters. The molecule has 0 aromatic rings. The number of hydrogen-bond acceptors (Lipinski definition) is 3. The molecule has 13 heavy (non-hydrogen) atoms. The SMILES string of the molecule is CCC(O)CNS(=O)(=O)CC(C)C. The van der Waals surface area contributed by atoms with Gasteiger partial charge >= 0.3 is 0 Å². The van der Waals surface area contributed by atoms with E-state index in [1.165, 1.54) is 0 Å². The van der Waals surface area contributed by atoms with Crippen molar-refractivity contribution in [3.8, 4) is 0 Å². The van der Waals surface area contributed by atoms with Gasteiger partial charge in [0.05, 0.1) is 11.9 Å². The summed E-state index contributed by atoms with van der Waals surface area (Å²) in [4.78, 5) is 0. The van der Waals surface area contributed by atoms with Crippen molar-refractivity contribution in [3.05, 3.63) is 0 Å². The Balaban J connectivity index is 3.90. The van der Waals surface area contributed by atoms with Crippen molar-refractivity contribution in [3.63, 3.8) is 0 Å². The van der Waals surface area contributed by atoms with Gasteiger partial charge < -0.3 is 5.11 Å². The highest BCUT2D eigenvalue weighted by Crippen LogP contribution is 1.98. The molecule has 0 fully saturated rings. The van der Waals surface area contributed by atoms with Gasteiger partial charge in [0.1, 0.15) is 0 Å². The number of rotatable bonds is 6. The average molecular weight is 209 g/mol. The van der Waals surface area contributed by atoms with Gasteiger partial charge in [0.2, 0.25) is 10.0 Å². The van der Waals surface area contributed by atoms with Crippen LogP contribution in [0.25, 0.3) is 0 Å². The lowest BCUT2D eigenvalue weighted by Gasteiger charge is -2.11. The molecule has 0 aliphatic carbocycles. The second kappa shape index (κ2) is 5.57. The highest BCUT2D eigenvalue weighted by molar-refractivity contribution is 7.89. The minimum Gasteiger partial charge on any atom is -0.392 e. The van der Waals surface area contributed by atoms with Crippen molar-refractivity contribution in [2.24, 2.45) is 5.92 Å². The van der Waals surface area contributed by atoms with E-state index in [0.717, 1.165) is 0 Å².